The standard InChI is InChI=1S/C15H19ClN2O/c16-11-3-1-10(2-4-11)7-15(19)18-13-5-6-14(18)9-12(17)8-13/h1-4,12-14H,5-9,17H2. The number of nitrogens with two attached hydrogens (primary N) is 1. The Hall–Kier alpha value is -1.06. The van der Waals surface area contributed by atoms with Crippen molar-refractivity contribution >= 4 is 17.5 Å². The number of hydrogen-bond donors (Lipinski definition) is 1. The van der Waals surface area contributed by atoms with Gasteiger partial charge in [0.1, 0.15) is 0 Å². The summed E-state index contributed by atoms with van der Waals surface area (Å²) in [5.41, 5.74) is 7.07. The van der Waals surface area contributed by atoms with Crippen molar-refractivity contribution in [3.8, 4) is 0 Å². The Morgan fingerprint density at radius 3 is 2.37 bits per heavy atom. The summed E-state index contributed by atoms with van der Waals surface area (Å²) in [6, 6.07) is 8.55. The SMILES string of the molecule is NC1CC2CCC(C1)N2C(=O)Cc1ccc(Cl)cc1. The monoisotopic (exact) mass is 278 g/mol. The number of hydrogen-bond acceptors (Lipinski definition) is 2. The molecular weight excluding hydrogens is 260 g/mol. The molecule has 3 rings (SSSR count). The van der Waals surface area contributed by atoms with Crippen LogP contribution in [0.1, 0.15) is 31.2 Å². The van der Waals surface area contributed by atoms with Crippen LogP contribution in [0.5, 0.6) is 0 Å². The van der Waals surface area contributed by atoms with Gasteiger partial charge in [-0.15, -0.1) is 0 Å². The Morgan fingerprint density at radius 1 is 1.21 bits per heavy atom. The van der Waals surface area contributed by atoms with E-state index in [4.69, 9.17) is 17.3 Å². The summed E-state index contributed by atoms with van der Waals surface area (Å²) in [6.45, 7) is 0. The van der Waals surface area contributed by atoms with Crippen LogP contribution in [0.25, 0.3) is 0 Å². The van der Waals surface area contributed by atoms with E-state index in [-0.39, 0.29) is 11.9 Å². The molecular formula is C15H19ClN2O. The topological polar surface area (TPSA) is 46.3 Å². The minimum Gasteiger partial charge on any atom is -0.336 e. The van der Waals surface area contributed by atoms with Crippen LogP contribution < -0.4 is 5.73 Å². The molecule has 2 unspecified atom stereocenters. The van der Waals surface area contributed by atoms with Gasteiger partial charge in [-0.1, -0.05) is 23.7 Å². The summed E-state index contributed by atoms with van der Waals surface area (Å²) >= 11 is 5.86. The summed E-state index contributed by atoms with van der Waals surface area (Å²) in [7, 11) is 0. The lowest BCUT2D eigenvalue weighted by Crippen LogP contribution is -2.50. The highest BCUT2D eigenvalue weighted by atomic mass is 35.5. The fourth-order valence-electron chi connectivity index (χ4n) is 3.49. The molecule has 4 heteroatoms. The number of rotatable bonds is 2. The zero-order valence-corrected chi connectivity index (χ0v) is 11.6. The van der Waals surface area contributed by atoms with E-state index in [9.17, 15) is 4.79 Å². The molecule has 2 fully saturated rings. The van der Waals surface area contributed by atoms with E-state index >= 15 is 0 Å². The van der Waals surface area contributed by atoms with Gasteiger partial charge < -0.3 is 10.6 Å². The lowest BCUT2D eigenvalue weighted by Gasteiger charge is -2.37. The molecule has 2 heterocycles. The van der Waals surface area contributed by atoms with Crippen LogP contribution in [0.4, 0.5) is 0 Å². The maximum Gasteiger partial charge on any atom is 0.227 e. The fraction of sp³-hybridized carbons (Fsp3) is 0.533. The van der Waals surface area contributed by atoms with Gasteiger partial charge in [-0.25, -0.2) is 0 Å². The average Bonchev–Trinajstić information content (AvgIpc) is 2.65. The van der Waals surface area contributed by atoms with E-state index in [1.807, 2.05) is 24.3 Å². The Balaban J connectivity index is 1.69. The van der Waals surface area contributed by atoms with E-state index in [0.717, 1.165) is 31.2 Å². The first-order chi connectivity index (χ1) is 9.13. The number of amides is 1. The largest absolute Gasteiger partial charge is 0.336 e. The summed E-state index contributed by atoms with van der Waals surface area (Å²) in [5, 5.41) is 0.709. The van der Waals surface area contributed by atoms with Crippen LogP contribution in [0, 0.1) is 0 Å². The van der Waals surface area contributed by atoms with Gasteiger partial charge in [0, 0.05) is 23.1 Å². The van der Waals surface area contributed by atoms with Crippen molar-refractivity contribution in [3.05, 3.63) is 34.9 Å². The summed E-state index contributed by atoms with van der Waals surface area (Å²) in [4.78, 5) is 14.6. The van der Waals surface area contributed by atoms with Crippen LogP contribution in [0.15, 0.2) is 24.3 Å². The third-order valence-electron chi connectivity index (χ3n) is 4.33. The Labute approximate surface area is 118 Å². The van der Waals surface area contributed by atoms with E-state index in [1.54, 1.807) is 0 Å². The lowest BCUT2D eigenvalue weighted by molar-refractivity contribution is -0.135. The van der Waals surface area contributed by atoms with Crippen molar-refractivity contribution in [2.45, 2.75) is 50.2 Å². The van der Waals surface area contributed by atoms with Gasteiger partial charge in [0.2, 0.25) is 5.91 Å². The summed E-state index contributed by atoms with van der Waals surface area (Å²) < 4.78 is 0. The molecule has 19 heavy (non-hydrogen) atoms. The van der Waals surface area contributed by atoms with E-state index in [2.05, 4.69) is 4.90 Å². The van der Waals surface area contributed by atoms with Gasteiger partial charge in [0.05, 0.1) is 6.42 Å². The quantitative estimate of drug-likeness (QED) is 0.903. The Bertz CT molecular complexity index is 460. The molecule has 2 atom stereocenters. The number of carbonyl (C=O) groups excluding carboxylic acids is 1. The summed E-state index contributed by atoms with van der Waals surface area (Å²) in [6.07, 6.45) is 4.63. The zero-order valence-electron chi connectivity index (χ0n) is 10.9. The molecule has 0 spiro atoms. The molecule has 0 radical (unpaired) electrons. The number of nitrogens with zero attached hydrogens (tertiary/aromatic N) is 1. The van der Waals surface area contributed by atoms with Crippen LogP contribution in [-0.2, 0) is 11.2 Å². The Morgan fingerprint density at radius 2 is 1.79 bits per heavy atom. The first kappa shape index (κ1) is 12.9. The molecule has 2 saturated heterocycles. The maximum atomic E-state index is 12.5. The molecule has 1 aromatic rings. The van der Waals surface area contributed by atoms with Crippen LogP contribution in [-0.4, -0.2) is 28.9 Å². The zero-order chi connectivity index (χ0) is 13.4. The molecule has 1 aromatic carbocycles. The molecule has 2 aliphatic heterocycles. The molecule has 2 N–H and O–H groups in total. The number of benzene rings is 1. The van der Waals surface area contributed by atoms with Gasteiger partial charge >= 0.3 is 0 Å². The van der Waals surface area contributed by atoms with Gasteiger partial charge in [-0.3, -0.25) is 4.79 Å². The normalized spacial score (nSPS) is 29.6. The number of fused-ring (bicyclic) bond motifs is 2. The number of halogens is 1. The van der Waals surface area contributed by atoms with Gasteiger partial charge in [-0.05, 0) is 43.4 Å². The van der Waals surface area contributed by atoms with Crippen molar-refractivity contribution in [3.63, 3.8) is 0 Å². The molecule has 0 aliphatic carbocycles. The average molecular weight is 279 g/mol. The van der Waals surface area contributed by atoms with Gasteiger partial charge in [0.15, 0.2) is 0 Å². The highest BCUT2D eigenvalue weighted by Gasteiger charge is 2.41. The van der Waals surface area contributed by atoms with Gasteiger partial charge in [-0.2, -0.15) is 0 Å². The van der Waals surface area contributed by atoms with Crippen molar-refractivity contribution in [2.24, 2.45) is 5.73 Å². The van der Waals surface area contributed by atoms with Crippen molar-refractivity contribution < 1.29 is 4.79 Å². The van der Waals surface area contributed by atoms with Gasteiger partial charge in [0.25, 0.3) is 0 Å². The third kappa shape index (κ3) is 2.63. The smallest absolute Gasteiger partial charge is 0.227 e. The number of piperidine rings is 1. The minimum absolute atomic E-state index is 0.238. The van der Waals surface area contributed by atoms with E-state index < -0.39 is 0 Å². The second-order valence-corrected chi connectivity index (χ2v) is 6.16. The molecule has 1 amide bonds. The minimum atomic E-state index is 0.238. The predicted octanol–water partition coefficient (Wildman–Crippen LogP) is 2.36. The molecule has 3 nitrogen and oxygen atoms in total. The second kappa shape index (κ2) is 5.14. The van der Waals surface area contributed by atoms with Crippen LogP contribution >= 0.6 is 11.6 Å². The molecule has 102 valence electrons. The van der Waals surface area contributed by atoms with Crippen molar-refractivity contribution in [1.29, 1.82) is 0 Å². The second-order valence-electron chi connectivity index (χ2n) is 5.72. The predicted molar refractivity (Wildman–Crippen MR) is 76.0 cm³/mol. The van der Waals surface area contributed by atoms with Crippen molar-refractivity contribution in [1.82, 2.24) is 4.90 Å². The Kier molecular flexibility index (Phi) is 3.50. The van der Waals surface area contributed by atoms with E-state index in [1.165, 1.54) is 0 Å². The van der Waals surface area contributed by atoms with Crippen LogP contribution in [0.2, 0.25) is 5.02 Å². The molecule has 2 aliphatic rings. The highest BCUT2D eigenvalue weighted by molar-refractivity contribution is 6.30. The fourth-order valence-corrected chi connectivity index (χ4v) is 3.62. The van der Waals surface area contributed by atoms with E-state index in [0.29, 0.717) is 23.5 Å². The highest BCUT2D eigenvalue weighted by Crippen LogP contribution is 2.35. The summed E-state index contributed by atoms with van der Waals surface area (Å²) in [5.74, 6) is 0.238. The van der Waals surface area contributed by atoms with Crippen LogP contribution in [0.3, 0.4) is 0 Å². The molecule has 0 saturated carbocycles. The first-order valence-electron chi connectivity index (χ1n) is 6.94. The molecule has 2 bridgehead atoms. The molecule has 0 aromatic heterocycles. The maximum absolute atomic E-state index is 12.5. The van der Waals surface area contributed by atoms with Crippen molar-refractivity contribution in [2.75, 3.05) is 0 Å². The third-order valence-corrected chi connectivity index (χ3v) is 4.58. The number of carbonyl (C=O) groups is 1. The lowest BCUT2D eigenvalue weighted by atomic mass is 9.97. The first-order valence-corrected chi connectivity index (χ1v) is 7.32.